The van der Waals surface area contributed by atoms with Crippen molar-refractivity contribution in [1.29, 1.82) is 0 Å². The number of hydrogen-bond acceptors (Lipinski definition) is 6. The Bertz CT molecular complexity index is 880. The third kappa shape index (κ3) is 41.1. The Balaban J connectivity index is 4.32. The van der Waals surface area contributed by atoms with Gasteiger partial charge in [-0.15, -0.1) is 0 Å². The largest absolute Gasteiger partial charge is 0.462 e. The predicted octanol–water partition coefficient (Wildman–Crippen LogP) is 14.8. The monoisotopic (exact) mass is 761 g/mol. The quantitative estimate of drug-likeness (QED) is 0.0267. The number of rotatable bonds is 42. The van der Waals surface area contributed by atoms with Crippen molar-refractivity contribution >= 4 is 17.9 Å². The summed E-state index contributed by atoms with van der Waals surface area (Å²) in [6.45, 7) is 6.55. The van der Waals surface area contributed by atoms with Crippen LogP contribution in [0.5, 0.6) is 0 Å². The maximum Gasteiger partial charge on any atom is 0.306 e. The summed E-state index contributed by atoms with van der Waals surface area (Å²) in [5.74, 6) is -0.891. The van der Waals surface area contributed by atoms with E-state index in [1.807, 2.05) is 0 Å². The number of esters is 3. The maximum atomic E-state index is 12.7. The van der Waals surface area contributed by atoms with Gasteiger partial charge in [0.25, 0.3) is 0 Å². The van der Waals surface area contributed by atoms with Gasteiger partial charge in [-0.1, -0.05) is 186 Å². The van der Waals surface area contributed by atoms with Crippen LogP contribution >= 0.6 is 0 Å². The van der Waals surface area contributed by atoms with Crippen LogP contribution in [0.15, 0.2) is 24.3 Å². The molecule has 0 heterocycles. The third-order valence-corrected chi connectivity index (χ3v) is 10.2. The Labute approximate surface area is 334 Å². The Morgan fingerprint density at radius 1 is 0.352 bits per heavy atom. The normalized spacial score (nSPS) is 12.1. The van der Waals surface area contributed by atoms with Crippen LogP contribution in [-0.4, -0.2) is 37.2 Å². The van der Waals surface area contributed by atoms with E-state index in [0.29, 0.717) is 19.3 Å². The topological polar surface area (TPSA) is 78.9 Å². The van der Waals surface area contributed by atoms with Gasteiger partial charge in [-0.2, -0.15) is 0 Å². The molecule has 54 heavy (non-hydrogen) atoms. The van der Waals surface area contributed by atoms with Gasteiger partial charge in [-0.3, -0.25) is 14.4 Å². The van der Waals surface area contributed by atoms with E-state index in [1.54, 1.807) is 0 Å². The molecular formula is C48H88O6. The van der Waals surface area contributed by atoms with Crippen molar-refractivity contribution in [3.05, 3.63) is 24.3 Å². The number of unbranched alkanes of at least 4 members (excludes halogenated alkanes) is 27. The minimum Gasteiger partial charge on any atom is -0.462 e. The Hall–Kier alpha value is -2.11. The van der Waals surface area contributed by atoms with Gasteiger partial charge >= 0.3 is 17.9 Å². The standard InChI is InChI=1S/C48H88O6/c1-4-7-10-13-16-19-22-23-24-25-26-27-30-32-35-38-41-47(50)53-44-45(54-48(51)42-39-36-33-29-21-18-15-12-9-6-3)43-52-46(49)40-37-34-31-28-20-17-14-11-8-5-2/h12,15,24-25,45H,4-11,13-14,16-23,26-44H2,1-3H3/b15-12-,25-24-. The van der Waals surface area contributed by atoms with Crippen LogP contribution in [0.3, 0.4) is 0 Å². The van der Waals surface area contributed by atoms with Crippen LogP contribution in [0.4, 0.5) is 0 Å². The molecule has 316 valence electrons. The fourth-order valence-electron chi connectivity index (χ4n) is 6.61. The zero-order valence-electron chi connectivity index (χ0n) is 36.0. The van der Waals surface area contributed by atoms with Gasteiger partial charge < -0.3 is 14.2 Å². The Morgan fingerprint density at radius 3 is 1.00 bits per heavy atom. The molecule has 0 aromatic rings. The molecule has 0 saturated carbocycles. The van der Waals surface area contributed by atoms with Gasteiger partial charge in [0.1, 0.15) is 13.2 Å². The maximum absolute atomic E-state index is 12.7. The zero-order chi connectivity index (χ0) is 39.4. The van der Waals surface area contributed by atoms with E-state index < -0.39 is 6.10 Å². The highest BCUT2D eigenvalue weighted by Crippen LogP contribution is 2.14. The molecule has 0 rings (SSSR count). The van der Waals surface area contributed by atoms with Crippen LogP contribution in [0.2, 0.25) is 0 Å². The van der Waals surface area contributed by atoms with Crippen molar-refractivity contribution in [2.75, 3.05) is 13.2 Å². The van der Waals surface area contributed by atoms with E-state index in [-0.39, 0.29) is 31.1 Å². The molecule has 1 atom stereocenters. The lowest BCUT2D eigenvalue weighted by molar-refractivity contribution is -0.167. The molecule has 0 aliphatic rings. The zero-order valence-corrected chi connectivity index (χ0v) is 36.0. The van der Waals surface area contributed by atoms with Crippen LogP contribution in [0, 0.1) is 0 Å². The SMILES string of the molecule is CCC/C=C\CCCCCCCC(=O)OC(COC(=O)CCCCCCC/C=C\CCCCCCCCC)COC(=O)CCCCCCCCCCCC. The molecule has 0 radical (unpaired) electrons. The molecule has 0 amide bonds. The summed E-state index contributed by atoms with van der Waals surface area (Å²) in [4.78, 5) is 37.7. The molecule has 0 aliphatic carbocycles. The molecular weight excluding hydrogens is 673 g/mol. The molecule has 0 aromatic carbocycles. The second-order valence-electron chi connectivity index (χ2n) is 15.7. The summed E-state index contributed by atoms with van der Waals surface area (Å²) in [5, 5.41) is 0. The molecule has 0 aliphatic heterocycles. The van der Waals surface area contributed by atoms with Gasteiger partial charge in [0.05, 0.1) is 0 Å². The average Bonchev–Trinajstić information content (AvgIpc) is 3.17. The lowest BCUT2D eigenvalue weighted by atomic mass is 10.1. The summed E-state index contributed by atoms with van der Waals surface area (Å²) < 4.78 is 16.7. The molecule has 6 nitrogen and oxygen atoms in total. The molecule has 6 heteroatoms. The lowest BCUT2D eigenvalue weighted by Crippen LogP contribution is -2.30. The highest BCUT2D eigenvalue weighted by molar-refractivity contribution is 5.71. The molecule has 0 N–H and O–H groups in total. The average molecular weight is 761 g/mol. The van der Waals surface area contributed by atoms with Crippen LogP contribution in [0.25, 0.3) is 0 Å². The molecule has 0 saturated heterocycles. The fourth-order valence-corrected chi connectivity index (χ4v) is 6.61. The summed E-state index contributed by atoms with van der Waals surface area (Å²) in [5.41, 5.74) is 0. The highest BCUT2D eigenvalue weighted by atomic mass is 16.6. The van der Waals surface area contributed by atoms with E-state index in [4.69, 9.17) is 14.2 Å². The molecule has 0 fully saturated rings. The second-order valence-corrected chi connectivity index (χ2v) is 15.7. The van der Waals surface area contributed by atoms with Crippen molar-refractivity contribution in [3.63, 3.8) is 0 Å². The van der Waals surface area contributed by atoms with Gasteiger partial charge in [0.2, 0.25) is 0 Å². The van der Waals surface area contributed by atoms with Crippen LogP contribution in [-0.2, 0) is 28.6 Å². The minimum absolute atomic E-state index is 0.0747. The number of hydrogen-bond donors (Lipinski definition) is 0. The first kappa shape index (κ1) is 51.9. The summed E-state index contributed by atoms with van der Waals surface area (Å²) in [6, 6.07) is 0. The second kappa shape index (κ2) is 43.6. The highest BCUT2D eigenvalue weighted by Gasteiger charge is 2.19. The molecule has 1 unspecified atom stereocenters. The Kier molecular flexibility index (Phi) is 41.9. The van der Waals surface area contributed by atoms with Crippen molar-refractivity contribution in [2.45, 2.75) is 252 Å². The summed E-state index contributed by atoms with van der Waals surface area (Å²) in [6.07, 6.45) is 47.3. The minimum atomic E-state index is -0.771. The fraction of sp³-hybridized carbons (Fsp3) is 0.854. The number of allylic oxidation sites excluding steroid dienone is 4. The van der Waals surface area contributed by atoms with E-state index in [9.17, 15) is 14.4 Å². The first-order chi connectivity index (χ1) is 26.5. The van der Waals surface area contributed by atoms with Crippen LogP contribution in [0.1, 0.15) is 245 Å². The smallest absolute Gasteiger partial charge is 0.306 e. The van der Waals surface area contributed by atoms with Crippen molar-refractivity contribution in [2.24, 2.45) is 0 Å². The Morgan fingerprint density at radius 2 is 0.648 bits per heavy atom. The molecule has 0 bridgehead atoms. The predicted molar refractivity (Wildman–Crippen MR) is 229 cm³/mol. The lowest BCUT2D eigenvalue weighted by Gasteiger charge is -2.18. The van der Waals surface area contributed by atoms with Gasteiger partial charge in [0, 0.05) is 19.3 Å². The van der Waals surface area contributed by atoms with E-state index in [0.717, 1.165) is 83.5 Å². The first-order valence-electron chi connectivity index (χ1n) is 23.3. The molecule has 0 spiro atoms. The van der Waals surface area contributed by atoms with Crippen molar-refractivity contribution in [3.8, 4) is 0 Å². The summed E-state index contributed by atoms with van der Waals surface area (Å²) >= 11 is 0. The van der Waals surface area contributed by atoms with Crippen molar-refractivity contribution < 1.29 is 28.6 Å². The summed E-state index contributed by atoms with van der Waals surface area (Å²) in [7, 11) is 0. The van der Waals surface area contributed by atoms with Gasteiger partial charge in [0.15, 0.2) is 6.10 Å². The first-order valence-corrected chi connectivity index (χ1v) is 23.3. The third-order valence-electron chi connectivity index (χ3n) is 10.2. The van der Waals surface area contributed by atoms with Gasteiger partial charge in [-0.05, 0) is 64.2 Å². The van der Waals surface area contributed by atoms with Crippen LogP contribution < -0.4 is 0 Å². The number of ether oxygens (including phenoxy) is 3. The number of carbonyl (C=O) groups is 3. The van der Waals surface area contributed by atoms with Gasteiger partial charge in [-0.25, -0.2) is 0 Å². The van der Waals surface area contributed by atoms with E-state index in [1.165, 1.54) is 122 Å². The number of carbonyl (C=O) groups excluding carboxylic acids is 3. The molecule has 0 aromatic heterocycles. The van der Waals surface area contributed by atoms with Crippen molar-refractivity contribution in [1.82, 2.24) is 0 Å². The van der Waals surface area contributed by atoms with E-state index >= 15 is 0 Å². The van der Waals surface area contributed by atoms with E-state index in [2.05, 4.69) is 45.1 Å².